The van der Waals surface area contributed by atoms with Crippen LogP contribution < -0.4 is 5.56 Å². The minimum Gasteiger partial charge on any atom is -0.348 e. The van der Waals surface area contributed by atoms with Crippen LogP contribution in [0.5, 0.6) is 0 Å². The maximum Gasteiger partial charge on any atom is 0.266 e. The smallest absolute Gasteiger partial charge is 0.266 e. The van der Waals surface area contributed by atoms with Crippen LogP contribution in [0.25, 0.3) is 16.6 Å². The van der Waals surface area contributed by atoms with E-state index >= 15 is 0 Å². The van der Waals surface area contributed by atoms with Crippen molar-refractivity contribution in [3.05, 3.63) is 64.4 Å². The van der Waals surface area contributed by atoms with E-state index in [1.165, 1.54) is 11.8 Å². The molecule has 6 heteroatoms. The molecule has 1 atom stereocenters. The Hall–Kier alpha value is -2.60. The van der Waals surface area contributed by atoms with Crippen LogP contribution >= 0.6 is 11.8 Å². The number of fused-ring (bicyclic) bond motifs is 1. The Morgan fingerprint density at radius 3 is 2.52 bits per heavy atom. The van der Waals surface area contributed by atoms with Crippen LogP contribution in [0.4, 0.5) is 0 Å². The van der Waals surface area contributed by atoms with Gasteiger partial charge >= 0.3 is 0 Å². The summed E-state index contributed by atoms with van der Waals surface area (Å²) in [6, 6.07) is 15.1. The summed E-state index contributed by atoms with van der Waals surface area (Å²) >= 11 is 1.31. The number of carbonyl (C=O) groups excluding carboxylic acids is 1. The van der Waals surface area contributed by atoms with Gasteiger partial charge in [0, 0.05) is 14.1 Å². The highest BCUT2D eigenvalue weighted by atomic mass is 32.2. The molecule has 0 aliphatic heterocycles. The van der Waals surface area contributed by atoms with E-state index in [4.69, 9.17) is 4.98 Å². The van der Waals surface area contributed by atoms with E-state index < -0.39 is 0 Å². The normalized spacial score (nSPS) is 12.1. The fraction of sp³-hybridized carbons (Fsp3) is 0.286. The van der Waals surface area contributed by atoms with Crippen LogP contribution in [-0.2, 0) is 11.2 Å². The maximum absolute atomic E-state index is 13.3. The van der Waals surface area contributed by atoms with E-state index in [1.54, 1.807) is 29.6 Å². The van der Waals surface area contributed by atoms with Crippen molar-refractivity contribution >= 4 is 28.6 Å². The highest BCUT2D eigenvalue weighted by molar-refractivity contribution is 8.00. The molecule has 0 aliphatic carbocycles. The van der Waals surface area contributed by atoms with Gasteiger partial charge in [0.2, 0.25) is 5.91 Å². The molecule has 0 spiro atoms. The molecule has 0 fully saturated rings. The number of para-hydroxylation sites is 2. The Morgan fingerprint density at radius 2 is 1.81 bits per heavy atom. The number of rotatable bonds is 5. The molecule has 3 aromatic rings. The van der Waals surface area contributed by atoms with Gasteiger partial charge in [-0.25, -0.2) is 4.98 Å². The largest absolute Gasteiger partial charge is 0.348 e. The first-order chi connectivity index (χ1) is 12.9. The number of aryl methyl sites for hydroxylation is 1. The molecule has 1 aromatic heterocycles. The first-order valence-electron chi connectivity index (χ1n) is 8.92. The lowest BCUT2D eigenvalue weighted by molar-refractivity contribution is -0.127. The molecule has 0 saturated carbocycles. The van der Waals surface area contributed by atoms with Crippen molar-refractivity contribution in [2.45, 2.75) is 30.7 Å². The standard InChI is InChI=1S/C21H23N3O2S/c1-5-15-10-6-9-13-18(15)24-20(26)16-11-7-8-12-17(16)22-21(24)27-14(2)19(25)23(3)4/h6-14H,5H2,1-4H3/t14-/m0/s1. The molecule has 2 aromatic carbocycles. The topological polar surface area (TPSA) is 55.2 Å². The van der Waals surface area contributed by atoms with Gasteiger partial charge in [0.05, 0.1) is 21.8 Å². The Balaban J connectivity index is 2.25. The summed E-state index contributed by atoms with van der Waals surface area (Å²) in [6.45, 7) is 3.90. The molecule has 1 amide bonds. The van der Waals surface area contributed by atoms with Gasteiger partial charge in [0.25, 0.3) is 5.56 Å². The number of carbonyl (C=O) groups is 1. The number of hydrogen-bond acceptors (Lipinski definition) is 4. The van der Waals surface area contributed by atoms with Crippen molar-refractivity contribution in [2.24, 2.45) is 0 Å². The third kappa shape index (κ3) is 3.76. The number of amides is 1. The second kappa shape index (κ2) is 7.96. The highest BCUT2D eigenvalue weighted by Crippen LogP contribution is 2.27. The number of hydrogen-bond donors (Lipinski definition) is 0. The number of aromatic nitrogens is 2. The Labute approximate surface area is 163 Å². The van der Waals surface area contributed by atoms with Gasteiger partial charge in [-0.3, -0.25) is 14.2 Å². The third-order valence-electron chi connectivity index (χ3n) is 4.43. The molecule has 0 N–H and O–H groups in total. The summed E-state index contributed by atoms with van der Waals surface area (Å²) < 4.78 is 1.64. The Kier molecular flexibility index (Phi) is 5.65. The fourth-order valence-corrected chi connectivity index (χ4v) is 4.07. The van der Waals surface area contributed by atoms with Crippen molar-refractivity contribution in [1.82, 2.24) is 14.5 Å². The quantitative estimate of drug-likeness (QED) is 0.501. The van der Waals surface area contributed by atoms with Crippen LogP contribution in [0.15, 0.2) is 58.5 Å². The van der Waals surface area contributed by atoms with Crippen LogP contribution in [-0.4, -0.2) is 39.7 Å². The van der Waals surface area contributed by atoms with Crippen LogP contribution in [0.2, 0.25) is 0 Å². The molecule has 1 heterocycles. The monoisotopic (exact) mass is 381 g/mol. The molecule has 0 saturated heterocycles. The fourth-order valence-electron chi connectivity index (χ4n) is 3.00. The Bertz CT molecular complexity index is 1040. The van der Waals surface area contributed by atoms with E-state index in [0.29, 0.717) is 16.1 Å². The summed E-state index contributed by atoms with van der Waals surface area (Å²) in [6.07, 6.45) is 0.797. The summed E-state index contributed by atoms with van der Waals surface area (Å²) in [5.74, 6) is -0.0160. The lowest BCUT2D eigenvalue weighted by Crippen LogP contribution is -2.31. The zero-order valence-corrected chi connectivity index (χ0v) is 16.8. The van der Waals surface area contributed by atoms with E-state index in [0.717, 1.165) is 17.7 Å². The molecule has 5 nitrogen and oxygen atoms in total. The molecule has 3 rings (SSSR count). The van der Waals surface area contributed by atoms with E-state index in [2.05, 4.69) is 6.92 Å². The second-order valence-electron chi connectivity index (χ2n) is 6.53. The van der Waals surface area contributed by atoms with E-state index in [-0.39, 0.29) is 16.7 Å². The predicted molar refractivity (Wildman–Crippen MR) is 111 cm³/mol. The van der Waals surface area contributed by atoms with Gasteiger partial charge in [-0.1, -0.05) is 49.0 Å². The first kappa shape index (κ1) is 19.2. The molecular formula is C21H23N3O2S. The predicted octanol–water partition coefficient (Wildman–Crippen LogP) is 3.52. The van der Waals surface area contributed by atoms with Crippen molar-refractivity contribution in [3.63, 3.8) is 0 Å². The van der Waals surface area contributed by atoms with Crippen molar-refractivity contribution < 1.29 is 4.79 Å². The van der Waals surface area contributed by atoms with Gasteiger partial charge in [-0.15, -0.1) is 0 Å². The average Bonchev–Trinajstić information content (AvgIpc) is 2.67. The maximum atomic E-state index is 13.3. The lowest BCUT2D eigenvalue weighted by atomic mass is 10.1. The minimum absolute atomic E-state index is 0.0160. The number of nitrogens with zero attached hydrogens (tertiary/aromatic N) is 3. The van der Waals surface area contributed by atoms with Crippen molar-refractivity contribution in [3.8, 4) is 5.69 Å². The Morgan fingerprint density at radius 1 is 1.15 bits per heavy atom. The van der Waals surface area contributed by atoms with E-state index in [9.17, 15) is 9.59 Å². The summed E-state index contributed by atoms with van der Waals surface area (Å²) in [7, 11) is 3.46. The minimum atomic E-state index is -0.354. The molecule has 0 aliphatic rings. The summed E-state index contributed by atoms with van der Waals surface area (Å²) in [5.41, 5.74) is 2.40. The molecule has 27 heavy (non-hydrogen) atoms. The number of thioether (sulfide) groups is 1. The third-order valence-corrected chi connectivity index (χ3v) is 5.47. The van der Waals surface area contributed by atoms with E-state index in [1.807, 2.05) is 49.4 Å². The second-order valence-corrected chi connectivity index (χ2v) is 7.84. The lowest BCUT2D eigenvalue weighted by Gasteiger charge is -2.19. The SMILES string of the molecule is CCc1ccccc1-n1c(S[C@@H](C)C(=O)N(C)C)nc2ccccc2c1=O. The van der Waals surface area contributed by atoms with Gasteiger partial charge in [-0.2, -0.15) is 0 Å². The summed E-state index contributed by atoms with van der Waals surface area (Å²) in [5, 5.41) is 0.745. The van der Waals surface area contributed by atoms with Crippen molar-refractivity contribution in [2.75, 3.05) is 14.1 Å². The number of benzene rings is 2. The van der Waals surface area contributed by atoms with Gasteiger partial charge < -0.3 is 4.90 Å². The molecule has 0 unspecified atom stereocenters. The van der Waals surface area contributed by atoms with Gasteiger partial charge in [0.1, 0.15) is 0 Å². The van der Waals surface area contributed by atoms with Crippen LogP contribution in [0, 0.1) is 0 Å². The van der Waals surface area contributed by atoms with Crippen molar-refractivity contribution in [1.29, 1.82) is 0 Å². The molecule has 0 bridgehead atoms. The zero-order valence-electron chi connectivity index (χ0n) is 16.0. The zero-order chi connectivity index (χ0) is 19.6. The molecule has 0 radical (unpaired) electrons. The summed E-state index contributed by atoms with van der Waals surface area (Å²) in [4.78, 5) is 32.0. The van der Waals surface area contributed by atoms with Gasteiger partial charge in [-0.05, 0) is 37.1 Å². The van der Waals surface area contributed by atoms with Crippen LogP contribution in [0.1, 0.15) is 19.4 Å². The van der Waals surface area contributed by atoms with Crippen LogP contribution in [0.3, 0.4) is 0 Å². The molecule has 140 valence electrons. The average molecular weight is 382 g/mol. The molecular weight excluding hydrogens is 358 g/mol. The first-order valence-corrected chi connectivity index (χ1v) is 9.80. The van der Waals surface area contributed by atoms with Gasteiger partial charge in [0.15, 0.2) is 5.16 Å². The highest BCUT2D eigenvalue weighted by Gasteiger charge is 2.22.